The highest BCUT2D eigenvalue weighted by Gasteiger charge is 2.19. The van der Waals surface area contributed by atoms with Crippen molar-refractivity contribution in [2.45, 2.75) is 45.4 Å². The molecule has 0 aliphatic heterocycles. The number of nitrogens with two attached hydrogens (primary N) is 2. The van der Waals surface area contributed by atoms with Crippen LogP contribution >= 0.6 is 46.1 Å². The van der Waals surface area contributed by atoms with E-state index in [9.17, 15) is 9.59 Å². The molecule has 2 heterocycles. The van der Waals surface area contributed by atoms with Gasteiger partial charge in [0.05, 0.1) is 35.0 Å². The fourth-order valence-corrected chi connectivity index (χ4v) is 5.18. The highest BCUT2D eigenvalue weighted by Crippen LogP contribution is 2.24. The third-order valence-corrected chi connectivity index (χ3v) is 8.12. The summed E-state index contributed by atoms with van der Waals surface area (Å²) in [7, 11) is 2.90. The Morgan fingerprint density at radius 2 is 1.25 bits per heavy atom. The lowest BCUT2D eigenvalue weighted by molar-refractivity contribution is -0.0756. The molecule has 0 bridgehead atoms. The van der Waals surface area contributed by atoms with Gasteiger partial charge in [-0.25, -0.2) is 25.0 Å². The highest BCUT2D eigenvalue weighted by atomic mass is 127. The summed E-state index contributed by atoms with van der Waals surface area (Å²) in [6.07, 6.45) is 2.89. The number of hydrogen-bond acceptors (Lipinski definition) is 13. The number of benzene rings is 2. The number of anilines is 2. The number of ether oxygens (including phenoxy) is 2. The summed E-state index contributed by atoms with van der Waals surface area (Å²) in [6.45, 7) is 9.07. The van der Waals surface area contributed by atoms with Gasteiger partial charge in [-0.15, -0.1) is 0 Å². The van der Waals surface area contributed by atoms with Crippen molar-refractivity contribution < 1.29 is 23.9 Å². The third kappa shape index (κ3) is 13.1. The number of aromatic nitrogens is 4. The quantitative estimate of drug-likeness (QED) is 0.0497. The second-order valence-corrected chi connectivity index (χ2v) is 12.5. The molecule has 0 saturated heterocycles. The van der Waals surface area contributed by atoms with Crippen LogP contribution in [0.2, 0.25) is 0 Å². The second-order valence-electron chi connectivity index (χ2n) is 8.88. The third-order valence-electron chi connectivity index (χ3n) is 5.74. The monoisotopic (exact) mass is 809 g/mol. The van der Waals surface area contributed by atoms with Crippen molar-refractivity contribution in [1.82, 2.24) is 25.0 Å². The lowest BCUT2D eigenvalue weighted by Crippen LogP contribution is -2.26. The van der Waals surface area contributed by atoms with Gasteiger partial charge in [0, 0.05) is 19.4 Å². The van der Waals surface area contributed by atoms with Crippen LogP contribution in [0.3, 0.4) is 0 Å². The molecule has 4 rings (SSSR count). The van der Waals surface area contributed by atoms with Gasteiger partial charge >= 0.3 is 0 Å². The van der Waals surface area contributed by atoms with Crippen molar-refractivity contribution in [3.63, 3.8) is 0 Å². The summed E-state index contributed by atoms with van der Waals surface area (Å²) in [5.74, 6) is 2.97. The summed E-state index contributed by atoms with van der Waals surface area (Å²) in [5, 5.41) is 2.21. The Balaban J connectivity index is 0.000000379. The minimum absolute atomic E-state index is 0. The largest absolute Gasteiger partial charge is 0.493 e. The number of hydrogen-bond donors (Lipinski definition) is 2. The van der Waals surface area contributed by atoms with Gasteiger partial charge < -0.3 is 20.9 Å². The van der Waals surface area contributed by atoms with Crippen LogP contribution in [0.25, 0.3) is 0 Å². The Morgan fingerprint density at radius 1 is 0.771 bits per heavy atom. The molecule has 2 aromatic carbocycles. The van der Waals surface area contributed by atoms with E-state index in [0.29, 0.717) is 33.8 Å². The second kappa shape index (κ2) is 22.8. The molecule has 48 heavy (non-hydrogen) atoms. The first-order chi connectivity index (χ1) is 22.6. The molecule has 0 atom stereocenters. The first-order valence-corrected chi connectivity index (χ1v) is 17.6. The smallest absolute Gasteiger partial charge is 0.282 e. The first kappa shape index (κ1) is 42.4. The van der Waals surface area contributed by atoms with Crippen LogP contribution in [0.4, 0.5) is 11.6 Å². The zero-order chi connectivity index (χ0) is 34.8. The van der Waals surface area contributed by atoms with Crippen LogP contribution in [0.1, 0.15) is 61.4 Å². The van der Waals surface area contributed by atoms with Gasteiger partial charge in [-0.1, -0.05) is 69.1 Å². The van der Waals surface area contributed by atoms with E-state index < -0.39 is 0 Å². The van der Waals surface area contributed by atoms with Gasteiger partial charge in [0.2, 0.25) is 5.78 Å². The summed E-state index contributed by atoms with van der Waals surface area (Å²) < 4.78 is 12.0. The average molecular weight is 810 g/mol. The maximum Gasteiger partial charge on any atom is 0.282 e. The fourth-order valence-electron chi connectivity index (χ4n) is 3.54. The van der Waals surface area contributed by atoms with E-state index in [4.69, 9.17) is 25.8 Å². The van der Waals surface area contributed by atoms with Crippen LogP contribution in [0.5, 0.6) is 11.5 Å². The van der Waals surface area contributed by atoms with E-state index in [1.807, 2.05) is 58.0 Å². The van der Waals surface area contributed by atoms with Crippen molar-refractivity contribution in [1.29, 1.82) is 0 Å². The molecule has 0 saturated carbocycles. The zero-order valence-electron chi connectivity index (χ0n) is 27.2. The minimum Gasteiger partial charge on any atom is -0.493 e. The number of halogens is 1. The highest BCUT2D eigenvalue weighted by molar-refractivity contribution is 14.1. The van der Waals surface area contributed by atoms with Crippen molar-refractivity contribution >= 4 is 69.4 Å². The lowest BCUT2D eigenvalue weighted by Gasteiger charge is -2.14. The average Bonchev–Trinajstić information content (AvgIpc) is 3.06. The molecular weight excluding hydrogens is 765 g/mol. The van der Waals surface area contributed by atoms with E-state index in [2.05, 4.69) is 42.5 Å². The normalized spacial score (nSPS) is 9.90. The van der Waals surface area contributed by atoms with Crippen LogP contribution in [0, 0.1) is 3.57 Å². The summed E-state index contributed by atoms with van der Waals surface area (Å²) in [4.78, 5) is 45.4. The van der Waals surface area contributed by atoms with Gasteiger partial charge in [0.15, 0.2) is 10.3 Å². The topological polar surface area (TPSA) is 169 Å². The minimum atomic E-state index is -0.368. The first-order valence-electron chi connectivity index (χ1n) is 14.6. The van der Waals surface area contributed by atoms with Crippen molar-refractivity contribution in [3.05, 3.63) is 81.2 Å². The molecule has 0 unspecified atom stereocenters. The summed E-state index contributed by atoms with van der Waals surface area (Å²) in [5.41, 5.74) is 12.6. The van der Waals surface area contributed by atoms with Gasteiger partial charge in [-0.3, -0.25) is 14.4 Å². The molecule has 0 aliphatic rings. The number of rotatable bonds is 12. The Morgan fingerprint density at radius 3 is 1.73 bits per heavy atom. The predicted octanol–water partition coefficient (Wildman–Crippen LogP) is 6.93. The van der Waals surface area contributed by atoms with Crippen LogP contribution < -0.4 is 20.9 Å². The summed E-state index contributed by atoms with van der Waals surface area (Å²) >= 11 is 5.20. The van der Waals surface area contributed by atoms with Gasteiger partial charge in [0.1, 0.15) is 28.7 Å². The van der Waals surface area contributed by atoms with Crippen molar-refractivity contribution in [2.24, 2.45) is 0 Å². The maximum atomic E-state index is 12.6. The number of nitrogens with zero attached hydrogens (tertiary/aromatic N) is 5. The Kier molecular flexibility index (Phi) is 20.1. The van der Waals surface area contributed by atoms with Crippen LogP contribution in [-0.2, 0) is 4.84 Å². The zero-order valence-corrected chi connectivity index (χ0v) is 31.0. The van der Waals surface area contributed by atoms with Gasteiger partial charge in [-0.2, -0.15) is 0 Å². The van der Waals surface area contributed by atoms with Crippen LogP contribution in [0.15, 0.2) is 71.2 Å². The van der Waals surface area contributed by atoms with E-state index in [0.717, 1.165) is 28.9 Å². The molecule has 260 valence electrons. The molecule has 0 aliphatic carbocycles. The predicted molar refractivity (Wildman–Crippen MR) is 203 cm³/mol. The Bertz CT molecular complexity index is 1600. The molecule has 4 N–H and O–H groups in total. The fraction of sp³-hybridized carbons (Fsp3) is 0.333. The van der Waals surface area contributed by atoms with Crippen molar-refractivity contribution in [2.75, 3.05) is 50.3 Å². The number of hydroxylamine groups is 2. The maximum absolute atomic E-state index is 12.6. The summed E-state index contributed by atoms with van der Waals surface area (Å²) in [6, 6.07) is 15.1. The number of carbonyl (C=O) groups is 2. The standard InChI is InChI=1S/C15H17N3O2S.C9H14N4O2S.C8H9IO.CH4/c1-3-20-12-8-6-5-7-10(12)13(19)11-9-17-15(21-4-2)18-14(11)16;1-4-16-9-11-5-6(7(10)12-9)8(14)13(2)15-3;1-2-10-8-6-4-3-5-7(8)9;/h5-9H,3-4H2,1-2H3,(H2,16,17,18);5H,4H2,1-3H3,(H2,10,11,12);3-6H,2H2,1H3;1H4. The van der Waals surface area contributed by atoms with Gasteiger partial charge in [-0.05, 0) is 72.2 Å². The molecule has 4 aromatic rings. The number of thioether (sulfide) groups is 2. The molecule has 0 spiro atoms. The molecule has 1 amide bonds. The number of para-hydroxylation sites is 2. The Labute approximate surface area is 305 Å². The number of ketones is 1. The molecule has 15 heteroatoms. The number of amides is 1. The van der Waals surface area contributed by atoms with E-state index in [1.54, 1.807) is 18.2 Å². The molecule has 0 fully saturated rings. The molecule has 2 aromatic heterocycles. The van der Waals surface area contributed by atoms with Gasteiger partial charge in [0.25, 0.3) is 5.91 Å². The van der Waals surface area contributed by atoms with E-state index in [-0.39, 0.29) is 36.3 Å². The van der Waals surface area contributed by atoms with Crippen LogP contribution in [-0.4, -0.2) is 75.6 Å². The van der Waals surface area contributed by atoms with E-state index in [1.165, 1.54) is 53.6 Å². The number of carbonyl (C=O) groups excluding carboxylic acids is 2. The lowest BCUT2D eigenvalue weighted by atomic mass is 10.0. The number of nitrogen functional groups attached to an aromatic ring is 2. The molecular formula is C33H44IN7O5S2. The van der Waals surface area contributed by atoms with E-state index >= 15 is 0 Å². The SMILES string of the molecule is C.CCOc1ccccc1C(=O)c1cnc(SCC)nc1N.CCOc1ccccc1I.CCSc1ncc(C(=O)N(C)OC)c(N)n1. The molecule has 12 nitrogen and oxygen atoms in total. The Hall–Kier alpha value is -3.67. The van der Waals surface area contributed by atoms with Crippen molar-refractivity contribution in [3.8, 4) is 11.5 Å². The molecule has 0 radical (unpaired) electrons.